The molecule has 0 saturated heterocycles. The zero-order chi connectivity index (χ0) is 18.1. The maximum atomic E-state index is 12.4. The fraction of sp³-hybridized carbons (Fsp3) is 0.105. The third-order valence-corrected chi connectivity index (χ3v) is 5.00. The molecule has 4 aromatic rings. The van der Waals surface area contributed by atoms with Gasteiger partial charge in [-0.05, 0) is 44.2 Å². The summed E-state index contributed by atoms with van der Waals surface area (Å²) in [5.41, 5.74) is 4.38. The Morgan fingerprint density at radius 2 is 2.04 bits per heavy atom. The van der Waals surface area contributed by atoms with Crippen LogP contribution in [-0.4, -0.2) is 21.9 Å². The molecule has 1 aromatic carbocycles. The molecule has 0 spiro atoms. The van der Waals surface area contributed by atoms with Crippen molar-refractivity contribution in [1.82, 2.24) is 15.2 Å². The van der Waals surface area contributed by atoms with Gasteiger partial charge in [-0.2, -0.15) is 10.2 Å². The van der Waals surface area contributed by atoms with Gasteiger partial charge in [0.1, 0.15) is 16.4 Å². The van der Waals surface area contributed by atoms with E-state index in [9.17, 15) is 4.79 Å². The molecule has 3 aromatic heterocycles. The maximum Gasteiger partial charge on any atom is 0.281 e. The molecule has 7 heteroatoms. The highest BCUT2D eigenvalue weighted by molar-refractivity contribution is 7.20. The van der Waals surface area contributed by atoms with Crippen LogP contribution in [0.4, 0.5) is 0 Å². The van der Waals surface area contributed by atoms with Crippen molar-refractivity contribution in [3.63, 3.8) is 0 Å². The standard InChI is InChI=1S/C19H16N4O2S/c1-12-8-9-15(25-12)11-20-21-18(24)17-10-16-13(2)22-23(19(16)26-17)14-6-4-3-5-7-14/h3-11H,1-2H3,(H,21,24)/b20-11+. The van der Waals surface area contributed by atoms with Crippen molar-refractivity contribution in [1.29, 1.82) is 0 Å². The zero-order valence-corrected chi connectivity index (χ0v) is 15.1. The van der Waals surface area contributed by atoms with E-state index < -0.39 is 0 Å². The van der Waals surface area contributed by atoms with Crippen LogP contribution >= 0.6 is 11.3 Å². The van der Waals surface area contributed by atoms with Gasteiger partial charge >= 0.3 is 0 Å². The van der Waals surface area contributed by atoms with Gasteiger partial charge in [-0.15, -0.1) is 11.3 Å². The van der Waals surface area contributed by atoms with Gasteiger partial charge in [0.25, 0.3) is 5.91 Å². The summed E-state index contributed by atoms with van der Waals surface area (Å²) in [6, 6.07) is 15.3. The van der Waals surface area contributed by atoms with Gasteiger partial charge in [-0.1, -0.05) is 18.2 Å². The number of aryl methyl sites for hydroxylation is 2. The van der Waals surface area contributed by atoms with Crippen molar-refractivity contribution in [2.75, 3.05) is 0 Å². The van der Waals surface area contributed by atoms with Crippen LogP contribution in [0.3, 0.4) is 0 Å². The number of nitrogens with one attached hydrogen (secondary N) is 1. The molecular weight excluding hydrogens is 348 g/mol. The van der Waals surface area contributed by atoms with Crippen LogP contribution in [0.15, 0.2) is 58.0 Å². The van der Waals surface area contributed by atoms with E-state index in [1.54, 1.807) is 6.07 Å². The number of amides is 1. The first kappa shape index (κ1) is 16.3. The minimum absolute atomic E-state index is 0.260. The number of fused-ring (bicyclic) bond motifs is 1. The van der Waals surface area contributed by atoms with Crippen molar-refractivity contribution in [2.24, 2.45) is 5.10 Å². The number of furan rings is 1. The van der Waals surface area contributed by atoms with Crippen LogP contribution < -0.4 is 5.43 Å². The van der Waals surface area contributed by atoms with E-state index >= 15 is 0 Å². The van der Waals surface area contributed by atoms with Crippen molar-refractivity contribution in [3.05, 3.63) is 70.6 Å². The first-order chi connectivity index (χ1) is 12.6. The van der Waals surface area contributed by atoms with E-state index in [2.05, 4.69) is 15.6 Å². The van der Waals surface area contributed by atoms with Crippen LogP contribution in [0, 0.1) is 13.8 Å². The fourth-order valence-corrected chi connectivity index (χ4v) is 3.71. The number of hydrogen-bond acceptors (Lipinski definition) is 5. The lowest BCUT2D eigenvalue weighted by molar-refractivity contribution is 0.0959. The number of hydrazone groups is 1. The lowest BCUT2D eigenvalue weighted by Crippen LogP contribution is -2.16. The predicted octanol–water partition coefficient (Wildman–Crippen LogP) is 4.06. The van der Waals surface area contributed by atoms with Gasteiger partial charge in [-0.25, -0.2) is 10.1 Å². The Morgan fingerprint density at radius 3 is 2.77 bits per heavy atom. The number of benzene rings is 1. The second-order valence-electron chi connectivity index (χ2n) is 5.81. The Kier molecular flexibility index (Phi) is 4.14. The zero-order valence-electron chi connectivity index (χ0n) is 14.3. The van der Waals surface area contributed by atoms with E-state index in [0.29, 0.717) is 10.6 Å². The Balaban J connectivity index is 1.59. The molecule has 3 heterocycles. The molecular formula is C19H16N4O2S. The van der Waals surface area contributed by atoms with Crippen LogP contribution in [-0.2, 0) is 0 Å². The van der Waals surface area contributed by atoms with Crippen LogP contribution in [0.5, 0.6) is 0 Å². The molecule has 0 aliphatic carbocycles. The summed E-state index contributed by atoms with van der Waals surface area (Å²) in [7, 11) is 0. The molecule has 1 N–H and O–H groups in total. The molecule has 0 fully saturated rings. The summed E-state index contributed by atoms with van der Waals surface area (Å²) in [5.74, 6) is 1.13. The van der Waals surface area contributed by atoms with E-state index in [4.69, 9.17) is 4.42 Å². The summed E-state index contributed by atoms with van der Waals surface area (Å²) < 4.78 is 7.24. The van der Waals surface area contributed by atoms with Crippen molar-refractivity contribution < 1.29 is 9.21 Å². The summed E-state index contributed by atoms with van der Waals surface area (Å²) in [5, 5.41) is 9.50. The molecule has 0 radical (unpaired) electrons. The van der Waals surface area contributed by atoms with Crippen LogP contribution in [0.2, 0.25) is 0 Å². The van der Waals surface area contributed by atoms with E-state index in [1.165, 1.54) is 17.6 Å². The maximum absolute atomic E-state index is 12.4. The van der Waals surface area contributed by atoms with Gasteiger partial charge in [-0.3, -0.25) is 4.79 Å². The Morgan fingerprint density at radius 1 is 1.23 bits per heavy atom. The van der Waals surface area contributed by atoms with E-state index in [-0.39, 0.29) is 5.91 Å². The monoisotopic (exact) mass is 364 g/mol. The lowest BCUT2D eigenvalue weighted by Gasteiger charge is -2.01. The molecule has 0 saturated carbocycles. The topological polar surface area (TPSA) is 72.4 Å². The summed E-state index contributed by atoms with van der Waals surface area (Å²) in [4.78, 5) is 13.9. The van der Waals surface area contributed by atoms with Gasteiger partial charge in [0.2, 0.25) is 0 Å². The Labute approximate surface area is 153 Å². The number of hydrogen-bond donors (Lipinski definition) is 1. The second kappa shape index (κ2) is 6.61. The fourth-order valence-electron chi connectivity index (χ4n) is 2.64. The number of para-hydroxylation sites is 1. The highest BCUT2D eigenvalue weighted by atomic mass is 32.1. The SMILES string of the molecule is Cc1ccc(/C=N/NC(=O)c2cc3c(C)nn(-c4ccccc4)c3s2)o1. The average Bonchev–Trinajstić information content (AvgIpc) is 3.33. The van der Waals surface area contributed by atoms with Gasteiger partial charge in [0.15, 0.2) is 0 Å². The molecule has 0 atom stereocenters. The number of carbonyl (C=O) groups excluding carboxylic acids is 1. The van der Waals surface area contributed by atoms with Crippen LogP contribution in [0.25, 0.3) is 15.9 Å². The highest BCUT2D eigenvalue weighted by Crippen LogP contribution is 2.30. The Bertz CT molecular complexity index is 1110. The van der Waals surface area contributed by atoms with E-state index in [0.717, 1.165) is 27.4 Å². The number of thiophene rings is 1. The molecule has 0 aliphatic rings. The first-order valence-corrected chi connectivity index (χ1v) is 8.88. The molecule has 26 heavy (non-hydrogen) atoms. The Hall–Kier alpha value is -3.19. The number of rotatable bonds is 4. The summed E-state index contributed by atoms with van der Waals surface area (Å²) >= 11 is 1.39. The van der Waals surface area contributed by atoms with Crippen molar-refractivity contribution in [3.8, 4) is 5.69 Å². The largest absolute Gasteiger partial charge is 0.460 e. The molecule has 130 valence electrons. The molecule has 6 nitrogen and oxygen atoms in total. The third kappa shape index (κ3) is 3.04. The molecule has 4 rings (SSSR count). The lowest BCUT2D eigenvalue weighted by atomic mass is 10.3. The smallest absolute Gasteiger partial charge is 0.281 e. The third-order valence-electron chi connectivity index (χ3n) is 3.89. The van der Waals surface area contributed by atoms with E-state index in [1.807, 2.05) is 61.0 Å². The minimum atomic E-state index is -0.260. The summed E-state index contributed by atoms with van der Waals surface area (Å²) in [6.07, 6.45) is 1.48. The van der Waals surface area contributed by atoms with Gasteiger partial charge in [0, 0.05) is 5.39 Å². The molecule has 0 unspecified atom stereocenters. The predicted molar refractivity (Wildman–Crippen MR) is 102 cm³/mol. The van der Waals surface area contributed by atoms with Crippen LogP contribution in [0.1, 0.15) is 26.9 Å². The number of nitrogens with zero attached hydrogens (tertiary/aromatic N) is 3. The van der Waals surface area contributed by atoms with Crippen molar-refractivity contribution in [2.45, 2.75) is 13.8 Å². The highest BCUT2D eigenvalue weighted by Gasteiger charge is 2.16. The molecule has 0 aliphatic heterocycles. The first-order valence-electron chi connectivity index (χ1n) is 8.06. The number of aromatic nitrogens is 2. The number of carbonyl (C=O) groups is 1. The molecule has 1 amide bonds. The van der Waals surface area contributed by atoms with Crippen molar-refractivity contribution >= 4 is 33.7 Å². The normalized spacial score (nSPS) is 11.5. The summed E-state index contributed by atoms with van der Waals surface area (Å²) in [6.45, 7) is 3.79. The molecule has 0 bridgehead atoms. The second-order valence-corrected chi connectivity index (χ2v) is 6.84. The van der Waals surface area contributed by atoms with Gasteiger partial charge < -0.3 is 4.42 Å². The minimum Gasteiger partial charge on any atom is -0.460 e. The van der Waals surface area contributed by atoms with Gasteiger partial charge in [0.05, 0.1) is 22.5 Å². The quantitative estimate of drug-likeness (QED) is 0.438. The average molecular weight is 364 g/mol.